The molecule has 8 nitrogen and oxygen atoms in total. The Hall–Kier alpha value is -1.86. The lowest BCUT2D eigenvalue weighted by molar-refractivity contribution is -0.154. The van der Waals surface area contributed by atoms with Gasteiger partial charge in [-0.3, -0.25) is 4.79 Å². The molecule has 0 amide bonds. The minimum atomic E-state index is -6.19. The van der Waals surface area contributed by atoms with Crippen LogP contribution in [0.25, 0.3) is 4.13 Å². The maximum atomic E-state index is 12.3. The van der Waals surface area contributed by atoms with E-state index in [-0.39, 0.29) is 24.9 Å². The molecule has 1 aromatic carbocycles. The first kappa shape index (κ1) is 25.2. The lowest BCUT2D eigenvalue weighted by Crippen LogP contribution is -2.26. The number of ether oxygens (including phenoxy) is 2. The molecule has 1 aromatic rings. The standard InChI is InChI=1S/C16H21F3NO7S2/c1-4-15(2,3)14(21)27-11-5-10-26-12-6-8-13(9-7-12)28(22,23)20-29(24,25)16(17,18)19/h6-9H,4-5,10-11H2,1-3H3/q-1. The van der Waals surface area contributed by atoms with Crippen LogP contribution in [0.5, 0.6) is 5.75 Å². The second kappa shape index (κ2) is 9.30. The zero-order chi connectivity index (χ0) is 22.5. The molecule has 0 radical (unpaired) electrons. The van der Waals surface area contributed by atoms with E-state index < -0.39 is 35.9 Å². The molecule has 0 atom stereocenters. The molecule has 0 aromatic heterocycles. The number of halogens is 3. The summed E-state index contributed by atoms with van der Waals surface area (Å²) >= 11 is 0. The Morgan fingerprint density at radius 3 is 2.07 bits per heavy atom. The molecule has 0 fully saturated rings. The van der Waals surface area contributed by atoms with Crippen LogP contribution >= 0.6 is 0 Å². The molecule has 0 aliphatic heterocycles. The molecule has 166 valence electrons. The van der Waals surface area contributed by atoms with Gasteiger partial charge in [-0.15, -0.1) is 0 Å². The van der Waals surface area contributed by atoms with Crippen LogP contribution in [-0.4, -0.2) is 41.5 Å². The molecular weight excluding hydrogens is 439 g/mol. The third kappa shape index (κ3) is 7.16. The minimum Gasteiger partial charge on any atom is -0.493 e. The number of carbonyl (C=O) groups excluding carboxylic acids is 1. The van der Waals surface area contributed by atoms with E-state index in [0.29, 0.717) is 12.8 Å². The zero-order valence-corrected chi connectivity index (χ0v) is 17.5. The van der Waals surface area contributed by atoms with Crippen molar-refractivity contribution in [2.45, 2.75) is 44.0 Å². The fraction of sp³-hybridized carbons (Fsp3) is 0.562. The van der Waals surface area contributed by atoms with E-state index in [2.05, 4.69) is 0 Å². The molecule has 0 N–H and O–H groups in total. The third-order valence-electron chi connectivity index (χ3n) is 3.84. The van der Waals surface area contributed by atoms with E-state index >= 15 is 0 Å². The molecule has 0 bridgehead atoms. The number of esters is 1. The predicted molar refractivity (Wildman–Crippen MR) is 97.1 cm³/mol. The van der Waals surface area contributed by atoms with E-state index in [1.807, 2.05) is 11.1 Å². The summed E-state index contributed by atoms with van der Waals surface area (Å²) in [5.41, 5.74) is -6.41. The first-order chi connectivity index (χ1) is 13.1. The van der Waals surface area contributed by atoms with Gasteiger partial charge in [-0.1, -0.05) is 6.92 Å². The van der Waals surface area contributed by atoms with Crippen LogP contribution in [-0.2, 0) is 29.6 Å². The van der Waals surface area contributed by atoms with Gasteiger partial charge in [0.25, 0.3) is 0 Å². The van der Waals surface area contributed by atoms with Gasteiger partial charge in [-0.25, -0.2) is 16.8 Å². The molecule has 0 saturated carbocycles. The number of nitrogens with zero attached hydrogens (tertiary/aromatic N) is 1. The summed E-state index contributed by atoms with van der Waals surface area (Å²) < 4.78 is 94.5. The summed E-state index contributed by atoms with van der Waals surface area (Å²) in [6.45, 7) is 5.61. The largest absolute Gasteiger partial charge is 0.493 e. The van der Waals surface area contributed by atoms with E-state index in [9.17, 15) is 34.8 Å². The molecule has 0 saturated heterocycles. The summed E-state index contributed by atoms with van der Waals surface area (Å²) in [7, 11) is -11.3. The van der Waals surface area contributed by atoms with Gasteiger partial charge in [0.15, 0.2) is 10.0 Å². The lowest BCUT2D eigenvalue weighted by Gasteiger charge is -2.22. The molecule has 0 aliphatic carbocycles. The second-order valence-corrected chi connectivity index (χ2v) is 9.95. The average Bonchev–Trinajstić information content (AvgIpc) is 2.59. The van der Waals surface area contributed by atoms with E-state index in [1.54, 1.807) is 13.8 Å². The summed E-state index contributed by atoms with van der Waals surface area (Å²) in [6, 6.07) is 4.00. The van der Waals surface area contributed by atoms with Crippen molar-refractivity contribution in [2.75, 3.05) is 13.2 Å². The number of hydrogen-bond acceptors (Lipinski definition) is 7. The maximum absolute atomic E-state index is 12.3. The lowest BCUT2D eigenvalue weighted by atomic mass is 9.91. The molecule has 0 heterocycles. The van der Waals surface area contributed by atoms with Crippen molar-refractivity contribution in [1.29, 1.82) is 0 Å². The second-order valence-electron chi connectivity index (χ2n) is 6.52. The van der Waals surface area contributed by atoms with Gasteiger partial charge in [0.1, 0.15) is 15.8 Å². The Balaban J connectivity index is 2.59. The fourth-order valence-electron chi connectivity index (χ4n) is 1.68. The normalized spacial score (nSPS) is 13.2. The van der Waals surface area contributed by atoms with Crippen molar-refractivity contribution in [2.24, 2.45) is 5.41 Å². The molecule has 0 unspecified atom stereocenters. The fourth-order valence-corrected chi connectivity index (χ4v) is 3.87. The molecule has 1 rings (SSSR count). The van der Waals surface area contributed by atoms with Gasteiger partial charge < -0.3 is 13.6 Å². The first-order valence-corrected chi connectivity index (χ1v) is 11.2. The van der Waals surface area contributed by atoms with Crippen molar-refractivity contribution in [3.05, 3.63) is 28.4 Å². The highest BCUT2D eigenvalue weighted by atomic mass is 32.3. The molecule has 29 heavy (non-hydrogen) atoms. The van der Waals surface area contributed by atoms with Crippen molar-refractivity contribution in [3.63, 3.8) is 0 Å². The SMILES string of the molecule is CCC(C)(C)C(=O)OCCCOc1ccc(S(=O)(=O)[N-]S(=O)(=O)C(F)(F)F)cc1. The molecule has 0 aliphatic rings. The van der Waals surface area contributed by atoms with Gasteiger partial charge >= 0.3 is 11.5 Å². The quantitative estimate of drug-likeness (QED) is 0.388. The Bertz CT molecular complexity index is 909. The Labute approximate surface area is 167 Å². The van der Waals surface area contributed by atoms with Gasteiger partial charge in [0.2, 0.25) is 0 Å². The van der Waals surface area contributed by atoms with Crippen LogP contribution in [0.15, 0.2) is 29.2 Å². The predicted octanol–water partition coefficient (Wildman–Crippen LogP) is 3.35. The van der Waals surface area contributed by atoms with Crippen molar-refractivity contribution in [1.82, 2.24) is 0 Å². The number of carbonyl (C=O) groups is 1. The number of hydrogen-bond donors (Lipinski definition) is 0. The molecule has 0 spiro atoms. The van der Waals surface area contributed by atoms with Crippen LogP contribution in [0.1, 0.15) is 33.6 Å². The number of sulfonamides is 2. The van der Waals surface area contributed by atoms with E-state index in [4.69, 9.17) is 9.47 Å². The minimum absolute atomic E-state index is 0.114. The summed E-state index contributed by atoms with van der Waals surface area (Å²) in [5, 5.41) is 0. The van der Waals surface area contributed by atoms with Crippen LogP contribution in [0.2, 0.25) is 0 Å². The highest BCUT2D eigenvalue weighted by molar-refractivity contribution is 8.12. The number of benzene rings is 1. The topological polar surface area (TPSA) is 118 Å². The summed E-state index contributed by atoms with van der Waals surface area (Å²) in [5.74, 6) is -0.157. The van der Waals surface area contributed by atoms with Crippen LogP contribution < -0.4 is 4.74 Å². The van der Waals surface area contributed by atoms with Gasteiger partial charge in [0.05, 0.1) is 18.6 Å². The Kier molecular flexibility index (Phi) is 8.08. The first-order valence-electron chi connectivity index (χ1n) is 8.33. The summed E-state index contributed by atoms with van der Waals surface area (Å²) in [6.07, 6.45) is 0.971. The number of alkyl halides is 3. The Morgan fingerprint density at radius 2 is 1.59 bits per heavy atom. The van der Waals surface area contributed by atoms with Crippen LogP contribution in [0, 0.1) is 5.41 Å². The van der Waals surface area contributed by atoms with Crippen molar-refractivity contribution < 1.29 is 44.3 Å². The molecule has 13 heteroatoms. The maximum Gasteiger partial charge on any atom is 0.480 e. The van der Waals surface area contributed by atoms with Gasteiger partial charge in [-0.2, -0.15) is 13.2 Å². The van der Waals surface area contributed by atoms with E-state index in [1.165, 1.54) is 0 Å². The highest BCUT2D eigenvalue weighted by Crippen LogP contribution is 2.32. The van der Waals surface area contributed by atoms with Crippen LogP contribution in [0.4, 0.5) is 13.2 Å². The molecular formula is C16H21F3NO7S2-. The average molecular weight is 460 g/mol. The van der Waals surface area contributed by atoms with Crippen molar-refractivity contribution >= 4 is 26.0 Å². The Morgan fingerprint density at radius 1 is 1.03 bits per heavy atom. The monoisotopic (exact) mass is 460 g/mol. The van der Waals surface area contributed by atoms with Gasteiger partial charge in [0, 0.05) is 11.3 Å². The smallest absolute Gasteiger partial charge is 0.480 e. The third-order valence-corrected chi connectivity index (χ3v) is 6.86. The van der Waals surface area contributed by atoms with Gasteiger partial charge in [-0.05, 0) is 44.5 Å². The number of rotatable bonds is 10. The van der Waals surface area contributed by atoms with Crippen molar-refractivity contribution in [3.8, 4) is 5.75 Å². The highest BCUT2D eigenvalue weighted by Gasteiger charge is 2.40. The summed E-state index contributed by atoms with van der Waals surface area (Å²) in [4.78, 5) is 11.0. The van der Waals surface area contributed by atoms with Crippen LogP contribution in [0.3, 0.4) is 0 Å². The van der Waals surface area contributed by atoms with E-state index in [0.717, 1.165) is 24.3 Å². The zero-order valence-electron chi connectivity index (χ0n) is 15.9.